The summed E-state index contributed by atoms with van der Waals surface area (Å²) in [4.78, 5) is 0. The van der Waals surface area contributed by atoms with Crippen molar-refractivity contribution < 1.29 is 36.2 Å². The number of hydrogen-bond acceptors (Lipinski definition) is 3. The standard InChI is InChI=1S/3C12H18.C11H13F3O.2C11H16O.C11H16.C10H12Cl2.C10H13Cl.2C10H13F/c1-9-6-7-11(8-10(9)2)12(3,4)5;1-9-6-7-11(10(2)8-9)12(3,4)5;1-5-10-6-8-11(9-7-10)12(2,3)4;1-10(2,3)8-6-4-5-7-9(8)15-11(12,13)14;1-11(2,3)9-6-5-7-10(8-9)12-4;1-11(2,3)9-7-5-6-8-10(9)12-4;1-9-6-5-7-10(8-9)11(2,3)4;1-10(2,3)7-4-5-8(11)9(12)6-7;2*1-10(2,3)8-5-4-6-9(11)7-8;1-10(2,3)8-6-4-5-7-9(8)11/h2*6-8H,1-5H3;6-9H,5H2,1-4H3;4-7H,1-3H3;2*5-8H,1-4H3;5-8H,1-4H3;4-6H,1-3H3;3*4-7H,1-3H3. The molecular formula is C120H166Cl3F5O3. The number of halogens is 8. The average molecular weight is 1860 g/mol. The van der Waals surface area contributed by atoms with E-state index >= 15 is 0 Å². The van der Waals surface area contributed by atoms with E-state index in [0.717, 1.165) is 34.1 Å². The molecule has 0 heterocycles. The van der Waals surface area contributed by atoms with Gasteiger partial charge in [-0.1, -0.05) is 463 Å². The first-order chi connectivity index (χ1) is 59.6. The predicted octanol–water partition coefficient (Wildman–Crippen LogP) is 38.1. The second-order valence-corrected chi connectivity index (χ2v) is 46.1. The molecule has 0 atom stereocenters. The van der Waals surface area contributed by atoms with Gasteiger partial charge in [0.05, 0.1) is 24.3 Å². The first-order valence-electron chi connectivity index (χ1n) is 45.8. The van der Waals surface area contributed by atoms with Crippen LogP contribution in [0.5, 0.6) is 17.2 Å². The summed E-state index contributed by atoms with van der Waals surface area (Å²) in [6.07, 6.45) is -3.51. The first-order valence-corrected chi connectivity index (χ1v) is 46.9. The van der Waals surface area contributed by atoms with Crippen molar-refractivity contribution in [1.82, 2.24) is 0 Å². The Hall–Kier alpha value is -8.66. The van der Waals surface area contributed by atoms with E-state index in [9.17, 15) is 22.0 Å². The van der Waals surface area contributed by atoms with Gasteiger partial charge in [-0.2, -0.15) is 0 Å². The van der Waals surface area contributed by atoms with Crippen molar-refractivity contribution in [2.24, 2.45) is 0 Å². The topological polar surface area (TPSA) is 27.7 Å². The maximum absolute atomic E-state index is 13.1. The van der Waals surface area contributed by atoms with E-state index in [2.05, 4.69) is 342 Å². The van der Waals surface area contributed by atoms with Crippen molar-refractivity contribution in [3.63, 3.8) is 0 Å². The van der Waals surface area contributed by atoms with Crippen LogP contribution in [0, 0.1) is 46.3 Å². The summed E-state index contributed by atoms with van der Waals surface area (Å²) in [5.41, 5.74) is 22.8. The van der Waals surface area contributed by atoms with Crippen LogP contribution in [0.25, 0.3) is 0 Å². The maximum atomic E-state index is 13.1. The number of benzene rings is 11. The van der Waals surface area contributed by atoms with Gasteiger partial charge in [0.25, 0.3) is 0 Å². The number of hydrogen-bond donors (Lipinski definition) is 0. The van der Waals surface area contributed by atoms with E-state index in [4.69, 9.17) is 44.3 Å². The maximum Gasteiger partial charge on any atom is 0.573 e. The predicted molar refractivity (Wildman–Crippen MR) is 564 cm³/mol. The van der Waals surface area contributed by atoms with Gasteiger partial charge in [0, 0.05) is 5.02 Å². The van der Waals surface area contributed by atoms with E-state index in [1.54, 1.807) is 44.6 Å². The Balaban J connectivity index is 0.000000721. The van der Waals surface area contributed by atoms with Gasteiger partial charge in [-0.05, 0) is 251 Å². The van der Waals surface area contributed by atoms with Crippen molar-refractivity contribution in [3.8, 4) is 17.2 Å². The molecule has 0 amide bonds. The molecule has 0 saturated carbocycles. The van der Waals surface area contributed by atoms with Gasteiger partial charge in [-0.3, -0.25) is 0 Å². The zero-order valence-electron chi connectivity index (χ0n) is 88.1. The largest absolute Gasteiger partial charge is 0.573 e. The van der Waals surface area contributed by atoms with Crippen LogP contribution in [0.4, 0.5) is 22.0 Å². The van der Waals surface area contributed by atoms with Crippen molar-refractivity contribution in [3.05, 3.63) is 370 Å². The minimum absolute atomic E-state index is 0.0437. The Morgan fingerprint density at radius 1 is 0.260 bits per heavy atom. The Morgan fingerprint density at radius 2 is 0.626 bits per heavy atom. The second kappa shape index (κ2) is 52.3. The minimum Gasteiger partial charge on any atom is -0.497 e. The summed E-state index contributed by atoms with van der Waals surface area (Å²) in [6.45, 7) is 83.8. The lowest BCUT2D eigenvalue weighted by Crippen LogP contribution is -2.21. The summed E-state index contributed by atoms with van der Waals surface area (Å²) < 4.78 is 76.4. The number of alkyl halides is 3. The third-order valence-electron chi connectivity index (χ3n) is 21.3. The number of ether oxygens (including phenoxy) is 3. The number of rotatable bonds is 4. The molecule has 11 aromatic carbocycles. The Labute approximate surface area is 809 Å². The fourth-order valence-electron chi connectivity index (χ4n) is 12.8. The van der Waals surface area contributed by atoms with Crippen LogP contribution in [0.15, 0.2) is 249 Å². The summed E-state index contributed by atoms with van der Waals surface area (Å²) in [7, 11) is 3.41. The molecular weight excluding hydrogens is 1690 g/mol. The molecule has 0 bridgehead atoms. The van der Waals surface area contributed by atoms with E-state index in [-0.39, 0.29) is 76.9 Å². The Bertz CT molecular complexity index is 4970. The van der Waals surface area contributed by atoms with Crippen molar-refractivity contribution >= 4 is 34.8 Å². The molecule has 720 valence electrons. The van der Waals surface area contributed by atoms with Crippen LogP contribution < -0.4 is 14.2 Å². The van der Waals surface area contributed by atoms with Gasteiger partial charge >= 0.3 is 6.36 Å². The average Bonchev–Trinajstić information content (AvgIpc) is 0.827. The van der Waals surface area contributed by atoms with Crippen LogP contribution in [0.3, 0.4) is 0 Å². The lowest BCUT2D eigenvalue weighted by atomic mass is 9.84. The highest BCUT2D eigenvalue weighted by Gasteiger charge is 2.34. The molecule has 0 radical (unpaired) electrons. The summed E-state index contributed by atoms with van der Waals surface area (Å²) in [5, 5.41) is 2.06. The molecule has 0 spiro atoms. The van der Waals surface area contributed by atoms with Gasteiger partial charge in [-0.15, -0.1) is 13.2 Å². The lowest BCUT2D eigenvalue weighted by molar-refractivity contribution is -0.275. The van der Waals surface area contributed by atoms with Gasteiger partial charge in [0.2, 0.25) is 0 Å². The van der Waals surface area contributed by atoms with E-state index < -0.39 is 6.36 Å². The van der Waals surface area contributed by atoms with Crippen LogP contribution in [0.2, 0.25) is 15.1 Å². The second-order valence-electron chi connectivity index (χ2n) is 44.9. The monoisotopic (exact) mass is 1860 g/mol. The molecule has 0 N–H and O–H groups in total. The normalized spacial score (nSPS) is 11.7. The Morgan fingerprint density at radius 3 is 0.977 bits per heavy atom. The number of methoxy groups -OCH3 is 2. The van der Waals surface area contributed by atoms with Gasteiger partial charge in [0.1, 0.15) is 28.9 Å². The van der Waals surface area contributed by atoms with Crippen molar-refractivity contribution in [1.29, 1.82) is 0 Å². The minimum atomic E-state index is -4.64. The van der Waals surface area contributed by atoms with Gasteiger partial charge in [0.15, 0.2) is 0 Å². The molecule has 0 aliphatic rings. The third kappa shape index (κ3) is 47.7. The molecule has 3 nitrogen and oxygen atoms in total. The molecule has 0 fully saturated rings. The number of aryl methyl sites for hydroxylation is 6. The zero-order valence-corrected chi connectivity index (χ0v) is 90.4. The van der Waals surface area contributed by atoms with Crippen LogP contribution >= 0.6 is 34.8 Å². The molecule has 0 aliphatic carbocycles. The smallest absolute Gasteiger partial charge is 0.497 e. The fraction of sp³-hybridized carbons (Fsp3) is 0.450. The molecule has 131 heavy (non-hydrogen) atoms. The quantitative estimate of drug-likeness (QED) is 0.164. The zero-order chi connectivity index (χ0) is 101. The van der Waals surface area contributed by atoms with E-state index in [1.165, 1.54) is 102 Å². The third-order valence-corrected chi connectivity index (χ3v) is 22.3. The van der Waals surface area contributed by atoms with Crippen LogP contribution in [0.1, 0.15) is 330 Å². The summed E-state index contributed by atoms with van der Waals surface area (Å²) in [5.74, 6) is 1.52. The Kier molecular flexibility index (Phi) is 48.0. The van der Waals surface area contributed by atoms with Crippen LogP contribution in [-0.4, -0.2) is 20.6 Å². The molecule has 0 unspecified atom stereocenters. The SMILES string of the molecule is CC(C)(C)c1ccc(Cl)c(Cl)c1.CC(C)(C)c1cccc(Cl)c1.CC(C)(C)c1cccc(F)c1.CC(C)(C)c1ccccc1F.CC(C)(C)c1ccccc1OC(F)(F)F.CCc1ccc(C(C)(C)C)cc1.COc1cccc(C(C)(C)C)c1.COc1ccccc1C(C)(C)C.Cc1ccc(C(C)(C)C)c(C)c1.Cc1ccc(C(C)(C)C)cc1C.Cc1cccc(C(C)(C)C)c1. The highest BCUT2D eigenvalue weighted by Crippen LogP contribution is 2.37. The molecule has 11 heteroatoms. The van der Waals surface area contributed by atoms with E-state index in [1.807, 2.05) is 126 Å². The molecule has 0 saturated heterocycles. The summed E-state index contributed by atoms with van der Waals surface area (Å²) >= 11 is 17.5. The van der Waals surface area contributed by atoms with Gasteiger partial charge < -0.3 is 14.2 Å². The highest BCUT2D eigenvalue weighted by atomic mass is 35.5. The van der Waals surface area contributed by atoms with Gasteiger partial charge in [-0.25, -0.2) is 8.78 Å². The molecule has 0 aromatic heterocycles. The first kappa shape index (κ1) is 120. The molecule has 11 aromatic rings. The van der Waals surface area contributed by atoms with Crippen molar-refractivity contribution in [2.75, 3.05) is 14.2 Å². The van der Waals surface area contributed by atoms with Crippen molar-refractivity contribution in [2.45, 2.75) is 342 Å². The van der Waals surface area contributed by atoms with Crippen LogP contribution in [-0.2, 0) is 66.0 Å². The molecule has 0 aliphatic heterocycles. The van der Waals surface area contributed by atoms with E-state index in [0.29, 0.717) is 15.6 Å². The summed E-state index contributed by atoms with van der Waals surface area (Å²) in [6, 6.07) is 81.0. The number of para-hydroxylation sites is 2. The lowest BCUT2D eigenvalue weighted by Gasteiger charge is -2.22. The fourth-order valence-corrected chi connectivity index (χ4v) is 13.3. The molecule has 11 rings (SSSR count). The highest BCUT2D eigenvalue weighted by molar-refractivity contribution is 6.42.